The topological polar surface area (TPSA) is 119 Å². The van der Waals surface area contributed by atoms with Crippen molar-refractivity contribution in [1.29, 1.82) is 0 Å². The van der Waals surface area contributed by atoms with Crippen LogP contribution in [0.3, 0.4) is 0 Å². The van der Waals surface area contributed by atoms with Crippen molar-refractivity contribution in [2.45, 2.75) is 45.4 Å². The maximum atomic E-state index is 12.5. The number of rotatable bonds is 11. The quantitative estimate of drug-likeness (QED) is 0.531. The third-order valence-electron chi connectivity index (χ3n) is 3.82. The SMILES string of the molecule is CC(C)C[C@H](NC(=O)OCc1ccccc1)C(=O)N[C@H](C=O)CCS(C)(=O)=O. The largest absolute Gasteiger partial charge is 0.445 e. The Balaban J connectivity index is 2.65. The van der Waals surface area contributed by atoms with Gasteiger partial charge in [0.25, 0.3) is 0 Å². The summed E-state index contributed by atoms with van der Waals surface area (Å²) in [5.74, 6) is -0.690. The number of hydrogen-bond donors (Lipinski definition) is 2. The van der Waals surface area contributed by atoms with Gasteiger partial charge in [-0.25, -0.2) is 13.2 Å². The van der Waals surface area contributed by atoms with Crippen LogP contribution >= 0.6 is 0 Å². The summed E-state index contributed by atoms with van der Waals surface area (Å²) in [7, 11) is -3.26. The number of alkyl carbamates (subject to hydrolysis) is 1. The molecule has 1 rings (SSSR count). The molecule has 0 saturated heterocycles. The van der Waals surface area contributed by atoms with Crippen molar-refractivity contribution in [2.75, 3.05) is 12.0 Å². The lowest BCUT2D eigenvalue weighted by Gasteiger charge is -2.22. The summed E-state index contributed by atoms with van der Waals surface area (Å²) in [5.41, 5.74) is 0.810. The van der Waals surface area contributed by atoms with Gasteiger partial charge in [0.1, 0.15) is 28.8 Å². The number of carbonyl (C=O) groups excluding carboxylic acids is 3. The molecule has 0 aromatic heterocycles. The van der Waals surface area contributed by atoms with Crippen LogP contribution in [-0.4, -0.2) is 50.8 Å². The van der Waals surface area contributed by atoms with E-state index in [-0.39, 0.29) is 24.7 Å². The fourth-order valence-electron chi connectivity index (χ4n) is 2.41. The second-order valence-corrected chi connectivity index (χ2v) is 9.32. The molecule has 0 aliphatic heterocycles. The Kier molecular flexibility index (Phi) is 9.64. The molecule has 0 aliphatic rings. The van der Waals surface area contributed by atoms with E-state index in [0.29, 0.717) is 12.7 Å². The highest BCUT2D eigenvalue weighted by Gasteiger charge is 2.25. The summed E-state index contributed by atoms with van der Waals surface area (Å²) >= 11 is 0. The molecule has 156 valence electrons. The van der Waals surface area contributed by atoms with Crippen molar-refractivity contribution >= 4 is 28.1 Å². The van der Waals surface area contributed by atoms with E-state index in [1.807, 2.05) is 44.2 Å². The lowest BCUT2D eigenvalue weighted by Crippen LogP contribution is -2.51. The monoisotopic (exact) mass is 412 g/mol. The van der Waals surface area contributed by atoms with E-state index in [4.69, 9.17) is 4.74 Å². The van der Waals surface area contributed by atoms with Gasteiger partial charge in [-0.05, 0) is 24.3 Å². The Morgan fingerprint density at radius 2 is 1.79 bits per heavy atom. The van der Waals surface area contributed by atoms with Crippen LogP contribution in [0.15, 0.2) is 30.3 Å². The third-order valence-corrected chi connectivity index (χ3v) is 4.80. The highest BCUT2D eigenvalue weighted by Crippen LogP contribution is 2.07. The van der Waals surface area contributed by atoms with Crippen molar-refractivity contribution in [1.82, 2.24) is 10.6 Å². The van der Waals surface area contributed by atoms with Crippen LogP contribution in [0.25, 0.3) is 0 Å². The van der Waals surface area contributed by atoms with Gasteiger partial charge in [-0.1, -0.05) is 44.2 Å². The van der Waals surface area contributed by atoms with Gasteiger partial charge in [0.2, 0.25) is 5.91 Å². The minimum atomic E-state index is -3.26. The Hall–Kier alpha value is -2.42. The molecule has 8 nitrogen and oxygen atoms in total. The van der Waals surface area contributed by atoms with Crippen molar-refractivity contribution in [3.8, 4) is 0 Å². The number of sulfone groups is 1. The molecule has 0 heterocycles. The summed E-state index contributed by atoms with van der Waals surface area (Å²) in [5, 5.41) is 4.99. The molecule has 2 amide bonds. The number of benzene rings is 1. The van der Waals surface area contributed by atoms with Crippen molar-refractivity contribution in [3.63, 3.8) is 0 Å². The molecule has 2 N–H and O–H groups in total. The molecule has 0 radical (unpaired) electrons. The maximum Gasteiger partial charge on any atom is 0.408 e. The lowest BCUT2D eigenvalue weighted by atomic mass is 10.0. The second-order valence-electron chi connectivity index (χ2n) is 7.06. The summed E-state index contributed by atoms with van der Waals surface area (Å²) < 4.78 is 27.6. The molecule has 0 aliphatic carbocycles. The molecule has 0 fully saturated rings. The predicted octanol–water partition coefficient (Wildman–Crippen LogP) is 1.45. The highest BCUT2D eigenvalue weighted by molar-refractivity contribution is 7.90. The minimum absolute atomic E-state index is 0.0269. The van der Waals surface area contributed by atoms with Gasteiger partial charge in [-0.3, -0.25) is 4.79 Å². The van der Waals surface area contributed by atoms with E-state index in [9.17, 15) is 22.8 Å². The van der Waals surface area contributed by atoms with Gasteiger partial charge in [0.15, 0.2) is 0 Å². The molecule has 0 saturated carbocycles. The zero-order chi connectivity index (χ0) is 21.2. The molecule has 28 heavy (non-hydrogen) atoms. The zero-order valence-electron chi connectivity index (χ0n) is 16.4. The Bertz CT molecular complexity index is 749. The molecular weight excluding hydrogens is 384 g/mol. The molecule has 1 aromatic rings. The Morgan fingerprint density at radius 1 is 1.14 bits per heavy atom. The van der Waals surface area contributed by atoms with E-state index >= 15 is 0 Å². The number of aldehydes is 1. The van der Waals surface area contributed by atoms with E-state index in [2.05, 4.69) is 10.6 Å². The fraction of sp³-hybridized carbons (Fsp3) is 0.526. The van der Waals surface area contributed by atoms with Crippen LogP contribution in [-0.2, 0) is 30.8 Å². The molecule has 9 heteroatoms. The predicted molar refractivity (Wildman–Crippen MR) is 105 cm³/mol. The summed E-state index contributed by atoms with van der Waals surface area (Å²) in [4.78, 5) is 35.7. The van der Waals surface area contributed by atoms with E-state index in [1.54, 1.807) is 0 Å². The van der Waals surface area contributed by atoms with Crippen LogP contribution in [0.4, 0.5) is 4.79 Å². The maximum absolute atomic E-state index is 12.5. The summed E-state index contributed by atoms with van der Waals surface area (Å²) in [6, 6.07) is 7.26. The third kappa shape index (κ3) is 10.1. The zero-order valence-corrected chi connectivity index (χ0v) is 17.2. The van der Waals surface area contributed by atoms with Crippen LogP contribution in [0.2, 0.25) is 0 Å². The first kappa shape index (κ1) is 23.6. The molecular formula is C19H28N2O6S. The van der Waals surface area contributed by atoms with E-state index in [0.717, 1.165) is 11.8 Å². The first-order chi connectivity index (χ1) is 13.1. The number of hydrogen-bond acceptors (Lipinski definition) is 6. The van der Waals surface area contributed by atoms with Gasteiger partial charge in [0.05, 0.1) is 11.8 Å². The molecule has 0 bridgehead atoms. The summed E-state index contributed by atoms with van der Waals surface area (Å²) in [6.45, 7) is 3.84. The van der Waals surface area contributed by atoms with Crippen LogP contribution in [0.5, 0.6) is 0 Å². The van der Waals surface area contributed by atoms with Crippen LogP contribution in [0.1, 0.15) is 32.3 Å². The van der Waals surface area contributed by atoms with Gasteiger partial charge < -0.3 is 20.2 Å². The van der Waals surface area contributed by atoms with Gasteiger partial charge in [-0.15, -0.1) is 0 Å². The van der Waals surface area contributed by atoms with Crippen molar-refractivity contribution in [2.24, 2.45) is 5.92 Å². The van der Waals surface area contributed by atoms with Gasteiger partial charge >= 0.3 is 6.09 Å². The van der Waals surface area contributed by atoms with Crippen LogP contribution in [0, 0.1) is 5.92 Å². The molecule has 0 spiro atoms. The van der Waals surface area contributed by atoms with Crippen LogP contribution < -0.4 is 10.6 Å². The lowest BCUT2D eigenvalue weighted by molar-refractivity contribution is -0.126. The molecule has 1 aromatic carbocycles. The average Bonchev–Trinajstić information content (AvgIpc) is 2.62. The molecule has 0 unspecified atom stereocenters. The summed E-state index contributed by atoms with van der Waals surface area (Å²) in [6.07, 6.45) is 1.11. The number of nitrogens with one attached hydrogen (secondary N) is 2. The average molecular weight is 413 g/mol. The van der Waals surface area contributed by atoms with E-state index < -0.39 is 33.9 Å². The van der Waals surface area contributed by atoms with Gasteiger partial charge in [0, 0.05) is 6.26 Å². The van der Waals surface area contributed by atoms with E-state index in [1.165, 1.54) is 0 Å². The second kappa shape index (κ2) is 11.4. The number of carbonyl (C=O) groups is 3. The first-order valence-corrected chi connectivity index (χ1v) is 11.1. The smallest absolute Gasteiger partial charge is 0.408 e. The number of amides is 2. The Morgan fingerprint density at radius 3 is 2.32 bits per heavy atom. The molecule has 2 atom stereocenters. The van der Waals surface area contributed by atoms with Crippen molar-refractivity contribution < 1.29 is 27.5 Å². The fourth-order valence-corrected chi connectivity index (χ4v) is 3.09. The van der Waals surface area contributed by atoms with Gasteiger partial charge in [-0.2, -0.15) is 0 Å². The normalized spacial score (nSPS) is 13.4. The first-order valence-electron chi connectivity index (χ1n) is 9.01. The number of ether oxygens (including phenoxy) is 1. The van der Waals surface area contributed by atoms with Crippen molar-refractivity contribution in [3.05, 3.63) is 35.9 Å². The minimum Gasteiger partial charge on any atom is -0.445 e. The highest BCUT2D eigenvalue weighted by atomic mass is 32.2. The standard InChI is InChI=1S/C19H28N2O6S/c1-14(2)11-17(18(23)20-16(12-22)9-10-28(3,25)26)21-19(24)27-13-15-7-5-4-6-8-15/h4-8,12,14,16-17H,9-11,13H2,1-3H3,(H,20,23)(H,21,24)/t16-,17-/m0/s1. The Labute approximate surface area is 165 Å².